The van der Waals surface area contributed by atoms with E-state index >= 15 is 8.78 Å². The molecule has 33 heteroatoms. The Morgan fingerprint density at radius 3 is 2.03 bits per heavy atom. The molecule has 31 nitrogen and oxygen atoms in total. The highest BCUT2D eigenvalue weighted by molar-refractivity contribution is 6.03. The molecule has 0 spiro atoms. The highest BCUT2D eigenvalue weighted by Gasteiger charge is 2.80. The Kier molecular flexibility index (Phi) is 34.7. The Morgan fingerprint density at radius 2 is 1.35 bits per heavy atom. The minimum atomic E-state index is -2.36. The molecule has 2 aliphatic heterocycles. The van der Waals surface area contributed by atoms with Crippen molar-refractivity contribution in [2.24, 2.45) is 40.2 Å². The van der Waals surface area contributed by atoms with Gasteiger partial charge in [-0.05, 0) is 135 Å². The maximum absolute atomic E-state index is 18.0. The average molecular weight is 1730 g/mol. The van der Waals surface area contributed by atoms with E-state index in [1.54, 1.807) is 74.2 Å². The molecule has 4 aliphatic carbocycles. The van der Waals surface area contributed by atoms with Crippen LogP contribution < -0.4 is 42.0 Å². The van der Waals surface area contributed by atoms with Gasteiger partial charge in [-0.2, -0.15) is 0 Å². The number of primary amides is 1. The molecule has 1 aromatic heterocycles. The van der Waals surface area contributed by atoms with Crippen LogP contribution >= 0.6 is 0 Å². The number of amides is 7. The normalized spacial score (nSPS) is 23.2. The number of aliphatic hydroxyl groups is 1. The number of ketones is 3. The summed E-state index contributed by atoms with van der Waals surface area (Å²) in [6.07, 6.45) is 1.19. The average Bonchev–Trinajstić information content (AvgIpc) is 1.37. The third kappa shape index (κ3) is 23.5. The monoisotopic (exact) mass is 1730 g/mol. The first-order chi connectivity index (χ1) is 59.8. The van der Waals surface area contributed by atoms with E-state index in [0.29, 0.717) is 87.2 Å². The molecule has 12 atom stereocenters. The number of urea groups is 1. The number of carbonyl (C=O) groups excluding carboxylic acids is 9. The van der Waals surface area contributed by atoms with E-state index in [1.807, 2.05) is 60.1 Å². The van der Waals surface area contributed by atoms with Crippen molar-refractivity contribution in [3.8, 4) is 28.3 Å². The van der Waals surface area contributed by atoms with E-state index in [1.165, 1.54) is 19.1 Å². The van der Waals surface area contributed by atoms with Crippen LogP contribution in [0.3, 0.4) is 0 Å². The molecule has 0 bridgehead atoms. The summed E-state index contributed by atoms with van der Waals surface area (Å²) in [5.41, 5.74) is 4.46. The van der Waals surface area contributed by atoms with Crippen molar-refractivity contribution in [3.63, 3.8) is 0 Å². The molecule has 7 amide bonds. The van der Waals surface area contributed by atoms with Gasteiger partial charge in [-0.15, -0.1) is 5.10 Å². The number of Topliss-reactive ketones (excluding diaryl/α,β-unsaturated/α-hetero) is 2. The minimum Gasteiger partial charge on any atom is -0.486 e. The first kappa shape index (κ1) is 94.9. The van der Waals surface area contributed by atoms with E-state index in [9.17, 15) is 48.3 Å². The quantitative estimate of drug-likeness (QED) is 0.0178. The van der Waals surface area contributed by atoms with Crippen molar-refractivity contribution >= 4 is 70.2 Å². The van der Waals surface area contributed by atoms with E-state index in [4.69, 9.17) is 57.8 Å². The van der Waals surface area contributed by atoms with Crippen molar-refractivity contribution in [1.29, 1.82) is 0 Å². The molecule has 3 saturated carbocycles. The first-order valence-electron chi connectivity index (χ1n) is 43.3. The number of alkyl halides is 2. The highest BCUT2D eigenvalue weighted by atomic mass is 19.1. The lowest BCUT2D eigenvalue weighted by molar-refractivity contribution is -0.234. The van der Waals surface area contributed by atoms with Crippen molar-refractivity contribution in [3.05, 3.63) is 132 Å². The number of carbonyl (C=O) groups is 9. The van der Waals surface area contributed by atoms with E-state index in [-0.39, 0.29) is 165 Å². The van der Waals surface area contributed by atoms with Crippen molar-refractivity contribution in [2.45, 2.75) is 187 Å². The third-order valence-corrected chi connectivity index (χ3v) is 24.2. The number of nitrogens with zero attached hydrogens (tertiary/aromatic N) is 4. The van der Waals surface area contributed by atoms with E-state index in [0.717, 1.165) is 47.9 Å². The van der Waals surface area contributed by atoms with Crippen LogP contribution in [0.15, 0.2) is 121 Å². The molecular formula is C91H120F2N10O21. The number of halogens is 2. The van der Waals surface area contributed by atoms with Crippen molar-refractivity contribution < 1.29 is 109 Å². The molecule has 11 rings (SSSR count). The number of nitrogens with one attached hydrogen (secondary N) is 5. The van der Waals surface area contributed by atoms with Gasteiger partial charge in [-0.3, -0.25) is 38.9 Å². The smallest absolute Gasteiger partial charge is 0.411 e. The van der Waals surface area contributed by atoms with Crippen LogP contribution in [0.5, 0.6) is 5.75 Å². The minimum absolute atomic E-state index is 0.00364. The standard InChI is InChI=1S/C91H120F2N10O21/c1-7-9-37-114-41-45-118-48-44-117-40-36-103-84-67-18-11-10-16-62(67)56-102(73-20-13-12-19-68(73)83(84)100-101-103)80(110)30-29-78(108)95-35-39-116-43-47-120-50-49-119-46-42-115-38-32-79(109)99-82(59(3)4)74(105)51-61(17-14-34-96-86(94)112)85(111)97-63-23-21-60(22-24-63)57-122-87(113)98-64-25-27-66(28-26-64)121-58-76(107)91-77(123-81(124-91)15-8-2)54-69-70-53-72(92)71-52-65(104)31-33-88(71,5)90(70,93)75(106)55-89(69,91)6/h10-13,16,18-28,31,33,52,59,61,69-70,72,75,77,81-82,106H,7-9,14-15,17,29-30,32,34-51,53-58H2,1-6H3,(H,95,108)(H,97,111)(H,98,113)(H,99,109)(H3,94,96,112)/t61-,69+,70+,72+,75+,77-,81?,82+,88+,89+,90+,91-/m1/s1. The Balaban J connectivity index is 0.537. The number of fused-ring (bicyclic) bond motifs is 12. The van der Waals surface area contributed by atoms with Crippen LogP contribution in [-0.2, 0) is 101 Å². The van der Waals surface area contributed by atoms with Crippen molar-refractivity contribution in [1.82, 2.24) is 30.9 Å². The molecular weight excluding hydrogens is 1610 g/mol. The summed E-state index contributed by atoms with van der Waals surface area (Å²) in [6, 6.07) is 26.5. The van der Waals surface area contributed by atoms with Gasteiger partial charge >= 0.3 is 12.1 Å². The molecule has 1 unspecified atom stereocenters. The fourth-order valence-electron chi connectivity index (χ4n) is 17.9. The number of hydrogen-bond acceptors (Lipinski definition) is 23. The molecule has 0 radical (unpaired) electrons. The van der Waals surface area contributed by atoms with Gasteiger partial charge < -0.3 is 89.1 Å². The predicted octanol–water partition coefficient (Wildman–Crippen LogP) is 10.4. The number of aliphatic hydroxyl groups excluding tert-OH is 1. The molecule has 8 N–H and O–H groups in total. The number of allylic oxidation sites excluding steroid dienone is 4. The van der Waals surface area contributed by atoms with Crippen LogP contribution in [0.4, 0.5) is 35.4 Å². The zero-order chi connectivity index (χ0) is 88.4. The molecule has 4 fully saturated rings. The lowest BCUT2D eigenvalue weighted by Crippen LogP contribution is -2.71. The Labute approximate surface area is 721 Å². The fourth-order valence-corrected chi connectivity index (χ4v) is 17.9. The number of hydrogen-bond donors (Lipinski definition) is 7. The zero-order valence-corrected chi connectivity index (χ0v) is 71.7. The Hall–Kier alpha value is -9.81. The number of ether oxygens (including phenoxy) is 11. The molecule has 6 aliphatic rings. The number of anilines is 3. The van der Waals surface area contributed by atoms with Crippen LogP contribution in [0, 0.1) is 34.5 Å². The van der Waals surface area contributed by atoms with Gasteiger partial charge in [0.15, 0.2) is 29.1 Å². The van der Waals surface area contributed by atoms with E-state index < -0.39 is 113 Å². The summed E-state index contributed by atoms with van der Waals surface area (Å²) in [6.45, 7) is 16.3. The van der Waals surface area contributed by atoms with Crippen LogP contribution in [0.2, 0.25) is 0 Å². The lowest BCUT2D eigenvalue weighted by atomic mass is 9.44. The molecule has 674 valence electrons. The number of para-hydroxylation sites is 1. The molecule has 4 aromatic carbocycles. The predicted molar refractivity (Wildman–Crippen MR) is 454 cm³/mol. The Morgan fingerprint density at radius 1 is 0.702 bits per heavy atom. The maximum atomic E-state index is 18.0. The number of rotatable bonds is 50. The molecule has 1 saturated heterocycles. The van der Waals surface area contributed by atoms with Gasteiger partial charge in [0.05, 0.1) is 129 Å². The second kappa shape index (κ2) is 45.4. The SMILES string of the molecule is CCCCOCCOCCOCCn1nnc2c1-c1ccccc1CN(C(=O)CCC(=O)NCCOCCOCCOCCOCCC(=O)N[C@H](C(=O)C[C@@H](CCCNC(N)=O)C(=O)Nc1ccc(COC(=O)Nc3ccc(OCC(=O)[C@@]45OC(CCC)O[C@@H]4C[C@H]4[C@@H]6C[C@H](F)C7=CC(=O)C=C[C@]7(C)[C@@]6(F)[C@@H](O)C[C@@]45C)cc3)cc1)C(C)C)c1ccccc1-2. The molecule has 5 aromatic rings. The first-order valence-corrected chi connectivity index (χ1v) is 43.3. The second-order valence-electron chi connectivity index (χ2n) is 32.9. The number of nitrogens with two attached hydrogens (primary N) is 1. The lowest BCUT2D eigenvalue weighted by Gasteiger charge is -2.63. The summed E-state index contributed by atoms with van der Waals surface area (Å²) in [4.78, 5) is 122. The van der Waals surface area contributed by atoms with Crippen LogP contribution in [0.25, 0.3) is 22.5 Å². The van der Waals surface area contributed by atoms with Crippen LogP contribution in [0.1, 0.15) is 136 Å². The second-order valence-corrected chi connectivity index (χ2v) is 32.9. The summed E-state index contributed by atoms with van der Waals surface area (Å²) in [7, 11) is 0. The topological polar surface area (TPSA) is 396 Å². The zero-order valence-electron chi connectivity index (χ0n) is 71.7. The highest BCUT2D eigenvalue weighted by Crippen LogP contribution is 2.72. The van der Waals surface area contributed by atoms with Gasteiger partial charge in [-0.25, -0.2) is 23.1 Å². The summed E-state index contributed by atoms with van der Waals surface area (Å²) in [5.74, 6) is -5.32. The molecule has 3 heterocycles. The third-order valence-electron chi connectivity index (χ3n) is 24.2. The number of unbranched alkanes of at least 4 members (excludes halogenated alkanes) is 1. The largest absolute Gasteiger partial charge is 0.486 e. The molecule has 124 heavy (non-hydrogen) atoms. The van der Waals surface area contributed by atoms with Gasteiger partial charge in [0.1, 0.15) is 30.8 Å². The summed E-state index contributed by atoms with van der Waals surface area (Å²) in [5, 5.41) is 34.8. The number of aromatic nitrogens is 3. The van der Waals surface area contributed by atoms with Crippen LogP contribution in [-0.4, -0.2) is 227 Å². The summed E-state index contributed by atoms with van der Waals surface area (Å²) >= 11 is 0. The van der Waals surface area contributed by atoms with Gasteiger partial charge in [0.25, 0.3) is 0 Å². The summed E-state index contributed by atoms with van der Waals surface area (Å²) < 4.78 is 100. The van der Waals surface area contributed by atoms with Gasteiger partial charge in [-0.1, -0.05) is 113 Å². The Bertz CT molecular complexity index is 4520. The number of benzene rings is 4. The van der Waals surface area contributed by atoms with Crippen molar-refractivity contribution in [2.75, 3.05) is 128 Å². The fraction of sp³-hybridized carbons (Fsp3) is 0.571. The van der Waals surface area contributed by atoms with E-state index in [2.05, 4.69) is 43.8 Å². The maximum Gasteiger partial charge on any atom is 0.411 e. The van der Waals surface area contributed by atoms with Gasteiger partial charge in [0.2, 0.25) is 29.4 Å². The van der Waals surface area contributed by atoms with Gasteiger partial charge in [0, 0.05) is 90.5 Å².